The van der Waals surface area contributed by atoms with E-state index in [-0.39, 0.29) is 0 Å². The molecule has 0 saturated heterocycles. The lowest BCUT2D eigenvalue weighted by molar-refractivity contribution is 1.43. The van der Waals surface area contributed by atoms with Gasteiger partial charge < -0.3 is 0 Å². The van der Waals surface area contributed by atoms with E-state index in [1.54, 1.807) is 0 Å². The van der Waals surface area contributed by atoms with E-state index in [0.29, 0.717) is 0 Å². The van der Waals surface area contributed by atoms with Crippen molar-refractivity contribution in [3.05, 3.63) is 54.2 Å². The molecule has 3 rings (SSSR count). The van der Waals surface area contributed by atoms with Gasteiger partial charge in [-0.3, -0.25) is 9.98 Å². The number of nitrogens with zero attached hydrogens (tertiary/aromatic N) is 2. The van der Waals surface area contributed by atoms with Gasteiger partial charge in [-0.2, -0.15) is 0 Å². The number of aromatic nitrogens is 1. The molecule has 0 aliphatic rings. The second kappa shape index (κ2) is 4.65. The molecule has 92 valence electrons. The lowest BCUT2D eigenvalue weighted by Gasteiger charge is -2.08. The van der Waals surface area contributed by atoms with Gasteiger partial charge in [-0.05, 0) is 19.7 Å². The van der Waals surface area contributed by atoms with Crippen LogP contribution in [0, 0.1) is 0 Å². The SMILES string of the molecule is C=Nc1c(/C=C\C)ccc2c1ccc1cccnc12. The molecule has 0 bridgehead atoms. The van der Waals surface area contributed by atoms with Crippen LogP contribution < -0.4 is 0 Å². The third kappa shape index (κ3) is 1.82. The van der Waals surface area contributed by atoms with Crippen LogP contribution in [0.5, 0.6) is 0 Å². The van der Waals surface area contributed by atoms with Crippen molar-refractivity contribution in [1.82, 2.24) is 4.98 Å². The Morgan fingerprint density at radius 1 is 1.11 bits per heavy atom. The Morgan fingerprint density at radius 2 is 1.95 bits per heavy atom. The quantitative estimate of drug-likeness (QED) is 0.473. The highest BCUT2D eigenvalue weighted by molar-refractivity contribution is 6.10. The van der Waals surface area contributed by atoms with E-state index in [1.807, 2.05) is 31.3 Å². The third-order valence-corrected chi connectivity index (χ3v) is 3.28. The van der Waals surface area contributed by atoms with Gasteiger partial charge in [-0.1, -0.05) is 42.5 Å². The van der Waals surface area contributed by atoms with E-state index in [2.05, 4.69) is 47.0 Å². The highest BCUT2D eigenvalue weighted by Gasteiger charge is 2.07. The Balaban J connectivity index is 2.47. The molecule has 0 radical (unpaired) electrons. The van der Waals surface area contributed by atoms with Gasteiger partial charge in [0.05, 0.1) is 11.2 Å². The van der Waals surface area contributed by atoms with Crippen LogP contribution in [0.4, 0.5) is 5.69 Å². The van der Waals surface area contributed by atoms with E-state index < -0.39 is 0 Å². The highest BCUT2D eigenvalue weighted by atomic mass is 14.7. The van der Waals surface area contributed by atoms with E-state index in [1.165, 1.54) is 0 Å². The second-order valence-corrected chi connectivity index (χ2v) is 4.40. The molecule has 2 nitrogen and oxygen atoms in total. The van der Waals surface area contributed by atoms with Gasteiger partial charge in [0.2, 0.25) is 0 Å². The van der Waals surface area contributed by atoms with Crippen LogP contribution in [0.25, 0.3) is 27.8 Å². The smallest absolute Gasteiger partial charge is 0.0781 e. The summed E-state index contributed by atoms with van der Waals surface area (Å²) in [6, 6.07) is 12.4. The maximum Gasteiger partial charge on any atom is 0.0781 e. The van der Waals surface area contributed by atoms with Crippen molar-refractivity contribution in [2.24, 2.45) is 4.99 Å². The fourth-order valence-electron chi connectivity index (χ4n) is 2.44. The minimum atomic E-state index is 0.920. The summed E-state index contributed by atoms with van der Waals surface area (Å²) in [4.78, 5) is 8.68. The molecule has 2 heteroatoms. The lowest BCUT2D eigenvalue weighted by Crippen LogP contribution is -1.84. The Kier molecular flexibility index (Phi) is 2.84. The predicted molar refractivity (Wildman–Crippen MR) is 83.2 cm³/mol. The molecule has 0 saturated carbocycles. The standard InChI is InChI=1S/C17H14N2/c1-3-5-12-7-10-15-14(16(12)18-2)9-8-13-6-4-11-19-17(13)15/h3-11H,2H2,1H3/b5-3-. The molecule has 0 N–H and O–H groups in total. The first kappa shape index (κ1) is 11.6. The Morgan fingerprint density at radius 3 is 2.74 bits per heavy atom. The van der Waals surface area contributed by atoms with Gasteiger partial charge in [0, 0.05) is 27.9 Å². The Hall–Kier alpha value is -2.48. The first-order valence-electron chi connectivity index (χ1n) is 6.25. The zero-order chi connectivity index (χ0) is 13.2. The van der Waals surface area contributed by atoms with Crippen LogP contribution >= 0.6 is 0 Å². The molecule has 0 fully saturated rings. The van der Waals surface area contributed by atoms with Gasteiger partial charge >= 0.3 is 0 Å². The molecule has 0 atom stereocenters. The summed E-state index contributed by atoms with van der Waals surface area (Å²) < 4.78 is 0. The van der Waals surface area contributed by atoms with Gasteiger partial charge in [0.1, 0.15) is 0 Å². The number of aliphatic imine (C=N–C) groups is 1. The van der Waals surface area contributed by atoms with Crippen molar-refractivity contribution in [2.75, 3.05) is 0 Å². The Labute approximate surface area is 112 Å². The number of pyridine rings is 1. The average Bonchev–Trinajstić information content (AvgIpc) is 2.47. The molecule has 1 heterocycles. The molecule has 2 aromatic carbocycles. The van der Waals surface area contributed by atoms with Crippen molar-refractivity contribution in [2.45, 2.75) is 6.92 Å². The number of hydrogen-bond donors (Lipinski definition) is 0. The molecule has 0 amide bonds. The number of benzene rings is 2. The van der Waals surface area contributed by atoms with Gasteiger partial charge in [-0.15, -0.1) is 0 Å². The normalized spacial score (nSPS) is 11.4. The monoisotopic (exact) mass is 246 g/mol. The first-order valence-corrected chi connectivity index (χ1v) is 6.25. The third-order valence-electron chi connectivity index (χ3n) is 3.28. The number of allylic oxidation sites excluding steroid dienone is 1. The summed E-state index contributed by atoms with van der Waals surface area (Å²) in [7, 11) is 0. The number of rotatable bonds is 2. The average molecular weight is 246 g/mol. The van der Waals surface area contributed by atoms with Crippen molar-refractivity contribution >= 4 is 40.2 Å². The number of fused-ring (bicyclic) bond motifs is 3. The van der Waals surface area contributed by atoms with Crippen LogP contribution in [0.3, 0.4) is 0 Å². The van der Waals surface area contributed by atoms with Crippen LogP contribution in [0.15, 0.2) is 53.7 Å². The first-order chi connectivity index (χ1) is 9.35. The summed E-state index contributed by atoms with van der Waals surface area (Å²) in [6.45, 7) is 5.70. The van der Waals surface area contributed by atoms with E-state index in [9.17, 15) is 0 Å². The highest BCUT2D eigenvalue weighted by Crippen LogP contribution is 2.34. The van der Waals surface area contributed by atoms with Crippen molar-refractivity contribution < 1.29 is 0 Å². The summed E-state index contributed by atoms with van der Waals surface area (Å²) in [5, 5.41) is 3.36. The fourth-order valence-corrected chi connectivity index (χ4v) is 2.44. The molecule has 3 aromatic rings. The van der Waals surface area contributed by atoms with Crippen LogP contribution in [-0.2, 0) is 0 Å². The molecular weight excluding hydrogens is 232 g/mol. The summed E-state index contributed by atoms with van der Waals surface area (Å²) >= 11 is 0. The second-order valence-electron chi connectivity index (χ2n) is 4.40. The minimum absolute atomic E-state index is 0.920. The van der Waals surface area contributed by atoms with Gasteiger partial charge in [0.15, 0.2) is 0 Å². The van der Waals surface area contributed by atoms with Crippen LogP contribution in [0.1, 0.15) is 12.5 Å². The maximum absolute atomic E-state index is 4.48. The molecule has 19 heavy (non-hydrogen) atoms. The van der Waals surface area contributed by atoms with E-state index in [4.69, 9.17) is 0 Å². The van der Waals surface area contributed by atoms with E-state index in [0.717, 1.165) is 32.9 Å². The molecule has 0 aliphatic heterocycles. The fraction of sp³-hybridized carbons (Fsp3) is 0.0588. The minimum Gasteiger partial charge on any atom is -0.263 e. The van der Waals surface area contributed by atoms with E-state index >= 15 is 0 Å². The predicted octanol–water partition coefficient (Wildman–Crippen LogP) is 4.75. The van der Waals surface area contributed by atoms with Crippen molar-refractivity contribution in [3.63, 3.8) is 0 Å². The Bertz CT molecular complexity index is 801. The van der Waals surface area contributed by atoms with Crippen molar-refractivity contribution in [3.8, 4) is 0 Å². The molecule has 0 aliphatic carbocycles. The zero-order valence-corrected chi connectivity index (χ0v) is 10.8. The molecule has 0 unspecified atom stereocenters. The van der Waals surface area contributed by atoms with Gasteiger partial charge in [-0.25, -0.2) is 0 Å². The van der Waals surface area contributed by atoms with Gasteiger partial charge in [0.25, 0.3) is 0 Å². The molecular formula is C17H14N2. The topological polar surface area (TPSA) is 25.2 Å². The summed E-state index contributed by atoms with van der Waals surface area (Å²) in [5.74, 6) is 0. The molecule has 0 spiro atoms. The maximum atomic E-state index is 4.48. The van der Waals surface area contributed by atoms with Crippen molar-refractivity contribution in [1.29, 1.82) is 0 Å². The lowest BCUT2D eigenvalue weighted by atomic mass is 10.0. The largest absolute Gasteiger partial charge is 0.263 e. The molecule has 1 aromatic heterocycles. The summed E-state index contributed by atoms with van der Waals surface area (Å²) in [6.07, 6.45) is 5.88. The number of hydrogen-bond acceptors (Lipinski definition) is 2. The van der Waals surface area contributed by atoms with Crippen LogP contribution in [-0.4, -0.2) is 11.7 Å². The summed E-state index contributed by atoms with van der Waals surface area (Å²) in [5.41, 5.74) is 3.01. The van der Waals surface area contributed by atoms with Crippen LogP contribution in [0.2, 0.25) is 0 Å². The zero-order valence-electron chi connectivity index (χ0n) is 10.8.